The highest BCUT2D eigenvalue weighted by atomic mass is 32.1. The molecule has 0 saturated heterocycles. The lowest BCUT2D eigenvalue weighted by Crippen LogP contribution is -2.40. The first-order valence-electron chi connectivity index (χ1n) is 12.5. The van der Waals surface area contributed by atoms with Crippen LogP contribution in [0.2, 0.25) is 0 Å². The maximum Gasteiger partial charge on any atom is 0.338 e. The molecular formula is C30H28N2O5S. The van der Waals surface area contributed by atoms with Gasteiger partial charge in [0, 0.05) is 17.2 Å². The minimum absolute atomic E-state index is 0.0964. The van der Waals surface area contributed by atoms with Gasteiger partial charge in [-0.15, -0.1) is 0 Å². The molecule has 0 saturated carbocycles. The van der Waals surface area contributed by atoms with Crippen LogP contribution in [0.5, 0.6) is 5.75 Å². The molecule has 0 amide bonds. The Hall–Kier alpha value is -4.17. The molecule has 2 aromatic carbocycles. The predicted octanol–water partition coefficient (Wildman–Crippen LogP) is 4.85. The summed E-state index contributed by atoms with van der Waals surface area (Å²) in [6, 6.07) is 20.2. The molecule has 2 aromatic heterocycles. The second kappa shape index (κ2) is 10.7. The SMILES string of the molecule is CCOC(=O)C1=C(C)N=c2sc(=Cc3ccc(-c4ccccc4)o3)c(=O)n2C1c1ccccc1OC(C)C. The van der Waals surface area contributed by atoms with Crippen LogP contribution in [0, 0.1) is 0 Å². The van der Waals surface area contributed by atoms with Crippen molar-refractivity contribution in [2.24, 2.45) is 4.99 Å². The molecule has 3 heterocycles. The topological polar surface area (TPSA) is 83.0 Å². The third-order valence-electron chi connectivity index (χ3n) is 6.05. The van der Waals surface area contributed by atoms with Crippen LogP contribution in [-0.4, -0.2) is 23.2 Å². The molecule has 0 aliphatic carbocycles. The van der Waals surface area contributed by atoms with E-state index in [1.165, 1.54) is 11.3 Å². The summed E-state index contributed by atoms with van der Waals surface area (Å²) in [7, 11) is 0. The normalized spacial score (nSPS) is 15.4. The zero-order valence-corrected chi connectivity index (χ0v) is 22.5. The summed E-state index contributed by atoms with van der Waals surface area (Å²) in [4.78, 5) is 32.2. The Morgan fingerprint density at radius 3 is 2.58 bits per heavy atom. The number of fused-ring (bicyclic) bond motifs is 1. The van der Waals surface area contributed by atoms with E-state index in [9.17, 15) is 9.59 Å². The van der Waals surface area contributed by atoms with Crippen molar-refractivity contribution in [3.8, 4) is 17.1 Å². The molecule has 194 valence electrons. The highest BCUT2D eigenvalue weighted by Gasteiger charge is 2.35. The Labute approximate surface area is 224 Å². The van der Waals surface area contributed by atoms with Crippen LogP contribution in [0.3, 0.4) is 0 Å². The van der Waals surface area contributed by atoms with E-state index >= 15 is 0 Å². The van der Waals surface area contributed by atoms with Gasteiger partial charge in [-0.2, -0.15) is 0 Å². The van der Waals surface area contributed by atoms with Gasteiger partial charge in [0.2, 0.25) is 0 Å². The largest absolute Gasteiger partial charge is 0.491 e. The summed E-state index contributed by atoms with van der Waals surface area (Å²) in [5.41, 5.74) is 2.19. The molecule has 4 aromatic rings. The minimum Gasteiger partial charge on any atom is -0.491 e. The molecule has 7 nitrogen and oxygen atoms in total. The van der Waals surface area contributed by atoms with Gasteiger partial charge in [0.25, 0.3) is 5.56 Å². The fourth-order valence-corrected chi connectivity index (χ4v) is 5.50. The number of benzene rings is 2. The maximum atomic E-state index is 13.9. The monoisotopic (exact) mass is 528 g/mol. The number of rotatable bonds is 7. The fourth-order valence-electron chi connectivity index (χ4n) is 4.47. The number of ether oxygens (including phenoxy) is 2. The fraction of sp³-hybridized carbons (Fsp3) is 0.233. The summed E-state index contributed by atoms with van der Waals surface area (Å²) >= 11 is 1.25. The van der Waals surface area contributed by atoms with Crippen molar-refractivity contribution in [1.82, 2.24) is 4.57 Å². The first-order valence-corrected chi connectivity index (χ1v) is 13.3. The van der Waals surface area contributed by atoms with Crippen LogP contribution in [0.1, 0.15) is 45.1 Å². The van der Waals surface area contributed by atoms with Gasteiger partial charge in [-0.3, -0.25) is 9.36 Å². The molecular weight excluding hydrogens is 500 g/mol. The number of esters is 1. The third-order valence-corrected chi connectivity index (χ3v) is 7.03. The highest BCUT2D eigenvalue weighted by molar-refractivity contribution is 7.07. The van der Waals surface area contributed by atoms with E-state index in [-0.39, 0.29) is 18.3 Å². The average Bonchev–Trinajstić information content (AvgIpc) is 3.48. The molecule has 1 aliphatic heterocycles. The quantitative estimate of drug-likeness (QED) is 0.321. The second-order valence-corrected chi connectivity index (χ2v) is 10.1. The number of para-hydroxylation sites is 1. The van der Waals surface area contributed by atoms with Crippen molar-refractivity contribution in [2.75, 3.05) is 6.61 Å². The van der Waals surface area contributed by atoms with Gasteiger partial charge in [0.05, 0.1) is 28.5 Å². The summed E-state index contributed by atoms with van der Waals surface area (Å²) in [6.45, 7) is 7.59. The van der Waals surface area contributed by atoms with Crippen LogP contribution in [0.4, 0.5) is 0 Å². The number of hydrogen-bond acceptors (Lipinski definition) is 7. The lowest BCUT2D eigenvalue weighted by atomic mass is 9.95. The lowest BCUT2D eigenvalue weighted by molar-refractivity contribution is -0.139. The number of carbonyl (C=O) groups is 1. The average molecular weight is 529 g/mol. The van der Waals surface area contributed by atoms with Gasteiger partial charge in [-0.25, -0.2) is 9.79 Å². The van der Waals surface area contributed by atoms with Crippen LogP contribution < -0.4 is 19.6 Å². The number of furan rings is 1. The molecule has 1 aliphatic rings. The molecule has 38 heavy (non-hydrogen) atoms. The van der Waals surface area contributed by atoms with Crippen LogP contribution in [0.25, 0.3) is 17.4 Å². The van der Waals surface area contributed by atoms with Gasteiger partial charge < -0.3 is 13.9 Å². The van der Waals surface area contributed by atoms with E-state index in [4.69, 9.17) is 13.9 Å². The Balaban J connectivity index is 1.68. The number of allylic oxidation sites excluding steroid dienone is 1. The zero-order chi connectivity index (χ0) is 26.8. The Morgan fingerprint density at radius 1 is 1.11 bits per heavy atom. The van der Waals surface area contributed by atoms with Crippen molar-refractivity contribution >= 4 is 23.4 Å². The van der Waals surface area contributed by atoms with E-state index in [2.05, 4.69) is 4.99 Å². The van der Waals surface area contributed by atoms with Crippen molar-refractivity contribution in [3.05, 3.63) is 109 Å². The van der Waals surface area contributed by atoms with Crippen molar-refractivity contribution in [1.29, 1.82) is 0 Å². The van der Waals surface area contributed by atoms with E-state index in [0.717, 1.165) is 5.56 Å². The number of nitrogens with zero attached hydrogens (tertiary/aromatic N) is 2. The second-order valence-electron chi connectivity index (χ2n) is 9.07. The Kier molecular flexibility index (Phi) is 7.15. The minimum atomic E-state index is -0.751. The molecule has 0 spiro atoms. The van der Waals surface area contributed by atoms with Gasteiger partial charge in [-0.1, -0.05) is 59.9 Å². The Bertz CT molecular complexity index is 1690. The first-order chi connectivity index (χ1) is 18.4. The lowest BCUT2D eigenvalue weighted by Gasteiger charge is -2.26. The van der Waals surface area contributed by atoms with Crippen molar-refractivity contribution in [2.45, 2.75) is 39.8 Å². The first kappa shape index (κ1) is 25.5. The summed E-state index contributed by atoms with van der Waals surface area (Å²) < 4.78 is 19.5. The van der Waals surface area contributed by atoms with Crippen LogP contribution in [0.15, 0.2) is 92.2 Å². The number of carbonyl (C=O) groups excluding carboxylic acids is 1. The van der Waals surface area contributed by atoms with Gasteiger partial charge in [0.1, 0.15) is 23.3 Å². The van der Waals surface area contributed by atoms with Gasteiger partial charge in [0.15, 0.2) is 4.80 Å². The molecule has 5 rings (SSSR count). The molecule has 0 N–H and O–H groups in total. The molecule has 0 bridgehead atoms. The van der Waals surface area contributed by atoms with Crippen LogP contribution in [-0.2, 0) is 9.53 Å². The summed E-state index contributed by atoms with van der Waals surface area (Å²) in [5.74, 6) is 1.35. The van der Waals surface area contributed by atoms with Crippen LogP contribution >= 0.6 is 11.3 Å². The van der Waals surface area contributed by atoms with E-state index in [1.807, 2.05) is 80.6 Å². The molecule has 1 atom stereocenters. The maximum absolute atomic E-state index is 13.9. The van der Waals surface area contributed by atoms with Crippen molar-refractivity contribution in [3.63, 3.8) is 0 Å². The molecule has 0 radical (unpaired) electrons. The highest BCUT2D eigenvalue weighted by Crippen LogP contribution is 2.36. The number of aromatic nitrogens is 1. The van der Waals surface area contributed by atoms with E-state index < -0.39 is 12.0 Å². The third kappa shape index (κ3) is 4.87. The molecule has 0 fully saturated rings. The predicted molar refractivity (Wildman–Crippen MR) is 147 cm³/mol. The van der Waals surface area contributed by atoms with E-state index in [0.29, 0.717) is 43.4 Å². The number of thiazole rings is 1. The smallest absolute Gasteiger partial charge is 0.338 e. The summed E-state index contributed by atoms with van der Waals surface area (Å²) in [6.07, 6.45) is 1.62. The standard InChI is InChI=1S/C30H28N2O5S/c1-5-35-29(34)26-19(4)31-30-32(27(26)22-13-9-10-14-24(22)36-18(2)3)28(33)25(38-30)17-21-15-16-23(37-21)20-11-7-6-8-12-20/h6-18,27H,5H2,1-4H3. The molecule has 1 unspecified atom stereocenters. The summed E-state index contributed by atoms with van der Waals surface area (Å²) in [5, 5.41) is 0. The molecule has 8 heteroatoms. The van der Waals surface area contributed by atoms with Crippen molar-refractivity contribution < 1.29 is 18.7 Å². The Morgan fingerprint density at radius 2 is 1.84 bits per heavy atom. The zero-order valence-electron chi connectivity index (χ0n) is 21.6. The van der Waals surface area contributed by atoms with E-state index in [1.54, 1.807) is 24.5 Å². The van der Waals surface area contributed by atoms with Gasteiger partial charge >= 0.3 is 5.97 Å². The number of hydrogen-bond donors (Lipinski definition) is 0. The van der Waals surface area contributed by atoms with Gasteiger partial charge in [-0.05, 0) is 45.9 Å².